The summed E-state index contributed by atoms with van der Waals surface area (Å²) in [4.78, 5) is 30.9. The van der Waals surface area contributed by atoms with Gasteiger partial charge >= 0.3 is 0 Å². The Morgan fingerprint density at radius 2 is 2.04 bits per heavy atom. The molecule has 0 bridgehead atoms. The van der Waals surface area contributed by atoms with Gasteiger partial charge in [0.25, 0.3) is 0 Å². The topological polar surface area (TPSA) is 80.8 Å². The lowest BCUT2D eigenvalue weighted by atomic mass is 10.1. The normalized spacial score (nSPS) is 13.4. The Morgan fingerprint density at radius 3 is 2.74 bits per heavy atom. The first-order valence-corrected chi connectivity index (χ1v) is 9.27. The van der Waals surface area contributed by atoms with Gasteiger partial charge in [0.2, 0.25) is 11.8 Å². The molecule has 7 nitrogen and oxygen atoms in total. The van der Waals surface area contributed by atoms with Crippen LogP contribution in [-0.2, 0) is 22.6 Å². The summed E-state index contributed by atoms with van der Waals surface area (Å²) in [7, 11) is 3.16. The molecule has 3 rings (SSSR count). The molecule has 0 spiro atoms. The van der Waals surface area contributed by atoms with Crippen molar-refractivity contribution >= 4 is 34.4 Å². The van der Waals surface area contributed by atoms with Crippen LogP contribution < -0.4 is 14.8 Å². The Bertz CT molecular complexity index is 891. The summed E-state index contributed by atoms with van der Waals surface area (Å²) in [5.74, 6) is 1.05. The maximum absolute atomic E-state index is 12.5. The van der Waals surface area contributed by atoms with E-state index in [0.29, 0.717) is 36.1 Å². The fourth-order valence-electron chi connectivity index (χ4n) is 2.82. The number of nitrogens with one attached hydrogen (secondary N) is 1. The van der Waals surface area contributed by atoms with E-state index in [2.05, 4.69) is 10.3 Å². The van der Waals surface area contributed by atoms with Crippen LogP contribution in [0, 0.1) is 0 Å². The minimum absolute atomic E-state index is 0.0649. The third-order valence-electron chi connectivity index (χ3n) is 4.15. The molecular formula is C19H21N3O4S. The number of benzene rings is 1. The molecule has 1 aliphatic heterocycles. The second kappa shape index (κ2) is 8.22. The van der Waals surface area contributed by atoms with Gasteiger partial charge in [-0.1, -0.05) is 17.4 Å². The molecule has 142 valence electrons. The molecule has 2 aromatic rings. The largest absolute Gasteiger partial charge is 0.493 e. The fourth-order valence-corrected chi connectivity index (χ4v) is 3.89. The molecule has 0 atom stereocenters. The summed E-state index contributed by atoms with van der Waals surface area (Å²) in [6.45, 7) is 2.56. The van der Waals surface area contributed by atoms with Gasteiger partial charge in [0.05, 0.1) is 26.5 Å². The van der Waals surface area contributed by atoms with E-state index in [1.807, 2.05) is 12.1 Å². The number of carbonyl (C=O) groups excluding carboxylic acids is 2. The van der Waals surface area contributed by atoms with Crippen molar-refractivity contribution in [2.75, 3.05) is 26.1 Å². The quantitative estimate of drug-likeness (QED) is 0.798. The first-order chi connectivity index (χ1) is 13.0. The Labute approximate surface area is 161 Å². The van der Waals surface area contributed by atoms with E-state index in [1.54, 1.807) is 37.3 Å². The van der Waals surface area contributed by atoms with Crippen molar-refractivity contribution < 1.29 is 19.1 Å². The first-order valence-electron chi connectivity index (χ1n) is 8.45. The summed E-state index contributed by atoms with van der Waals surface area (Å²) in [6, 6.07) is 5.49. The molecule has 0 fully saturated rings. The zero-order chi connectivity index (χ0) is 19.4. The van der Waals surface area contributed by atoms with Crippen LogP contribution in [0.1, 0.15) is 23.1 Å². The van der Waals surface area contributed by atoms with E-state index in [-0.39, 0.29) is 11.8 Å². The van der Waals surface area contributed by atoms with Crippen LogP contribution in [0.5, 0.6) is 11.5 Å². The molecule has 2 heterocycles. The molecule has 1 aliphatic rings. The van der Waals surface area contributed by atoms with Gasteiger partial charge < -0.3 is 19.7 Å². The van der Waals surface area contributed by atoms with Crippen molar-refractivity contribution in [3.63, 3.8) is 0 Å². The number of anilines is 1. The van der Waals surface area contributed by atoms with E-state index in [1.165, 1.54) is 18.3 Å². The van der Waals surface area contributed by atoms with Gasteiger partial charge in [0.1, 0.15) is 0 Å². The summed E-state index contributed by atoms with van der Waals surface area (Å²) < 4.78 is 10.5. The SMILES string of the molecule is COc1ccc(/C=C/C(=O)N2CCc3nc(NC(C)=O)sc3C2)cc1OC. The predicted octanol–water partition coefficient (Wildman–Crippen LogP) is 2.72. The molecule has 1 N–H and O–H groups in total. The number of hydrogen-bond donors (Lipinski definition) is 1. The van der Waals surface area contributed by atoms with Crippen LogP contribution in [0.4, 0.5) is 5.13 Å². The fraction of sp³-hybridized carbons (Fsp3) is 0.316. The zero-order valence-electron chi connectivity index (χ0n) is 15.4. The number of nitrogens with zero attached hydrogens (tertiary/aromatic N) is 2. The lowest BCUT2D eigenvalue weighted by molar-refractivity contribution is -0.126. The number of hydrogen-bond acceptors (Lipinski definition) is 6. The summed E-state index contributed by atoms with van der Waals surface area (Å²) in [6.07, 6.45) is 4.00. The lowest BCUT2D eigenvalue weighted by Crippen LogP contribution is -2.34. The van der Waals surface area contributed by atoms with E-state index >= 15 is 0 Å². The number of fused-ring (bicyclic) bond motifs is 1. The van der Waals surface area contributed by atoms with Crippen molar-refractivity contribution in [2.45, 2.75) is 19.9 Å². The third-order valence-corrected chi connectivity index (χ3v) is 5.15. The van der Waals surface area contributed by atoms with Crippen LogP contribution >= 0.6 is 11.3 Å². The number of thiazole rings is 1. The monoisotopic (exact) mass is 387 g/mol. The Hall–Kier alpha value is -2.87. The van der Waals surface area contributed by atoms with Crippen molar-refractivity contribution in [3.05, 3.63) is 40.4 Å². The average molecular weight is 387 g/mol. The van der Waals surface area contributed by atoms with Gasteiger partial charge in [-0.25, -0.2) is 4.98 Å². The number of aromatic nitrogens is 1. The van der Waals surface area contributed by atoms with Gasteiger partial charge in [0.15, 0.2) is 16.6 Å². The van der Waals surface area contributed by atoms with Gasteiger partial charge in [-0.3, -0.25) is 9.59 Å². The van der Waals surface area contributed by atoms with E-state index in [9.17, 15) is 9.59 Å². The molecule has 0 aliphatic carbocycles. The van der Waals surface area contributed by atoms with Gasteiger partial charge in [-0.15, -0.1) is 0 Å². The average Bonchev–Trinajstić information content (AvgIpc) is 3.06. The maximum Gasteiger partial charge on any atom is 0.246 e. The molecule has 0 saturated heterocycles. The number of methoxy groups -OCH3 is 2. The van der Waals surface area contributed by atoms with Crippen molar-refractivity contribution in [3.8, 4) is 11.5 Å². The highest BCUT2D eigenvalue weighted by atomic mass is 32.1. The first kappa shape index (κ1) is 18.9. The standard InChI is InChI=1S/C19H21N3O4S/c1-12(23)20-19-21-14-8-9-22(11-17(14)27-19)18(24)7-5-13-4-6-15(25-2)16(10-13)26-3/h4-7,10H,8-9,11H2,1-3H3,(H,20,21,23)/b7-5+. The summed E-state index contributed by atoms with van der Waals surface area (Å²) >= 11 is 1.42. The summed E-state index contributed by atoms with van der Waals surface area (Å²) in [5, 5.41) is 3.29. The van der Waals surface area contributed by atoms with E-state index in [4.69, 9.17) is 9.47 Å². The van der Waals surface area contributed by atoms with Crippen LogP contribution in [0.15, 0.2) is 24.3 Å². The lowest BCUT2D eigenvalue weighted by Gasteiger charge is -2.24. The summed E-state index contributed by atoms with van der Waals surface area (Å²) in [5.41, 5.74) is 1.81. The highest BCUT2D eigenvalue weighted by molar-refractivity contribution is 7.15. The number of rotatable bonds is 5. The third kappa shape index (κ3) is 4.46. The van der Waals surface area contributed by atoms with Crippen LogP contribution in [0.3, 0.4) is 0 Å². The smallest absolute Gasteiger partial charge is 0.246 e. The predicted molar refractivity (Wildman–Crippen MR) is 104 cm³/mol. The Balaban J connectivity index is 1.67. The Kier molecular flexibility index (Phi) is 5.75. The van der Waals surface area contributed by atoms with Crippen molar-refractivity contribution in [1.82, 2.24) is 9.88 Å². The molecule has 0 saturated carbocycles. The minimum atomic E-state index is -0.146. The molecule has 1 aromatic carbocycles. The molecular weight excluding hydrogens is 366 g/mol. The van der Waals surface area contributed by atoms with E-state index in [0.717, 1.165) is 16.1 Å². The molecule has 0 unspecified atom stereocenters. The molecule has 0 radical (unpaired) electrons. The van der Waals surface area contributed by atoms with E-state index < -0.39 is 0 Å². The Morgan fingerprint density at radius 1 is 1.26 bits per heavy atom. The molecule has 1 aromatic heterocycles. The highest BCUT2D eigenvalue weighted by Gasteiger charge is 2.23. The van der Waals surface area contributed by atoms with Gasteiger partial charge in [-0.05, 0) is 23.8 Å². The second-order valence-corrected chi connectivity index (χ2v) is 7.11. The molecule has 8 heteroatoms. The number of ether oxygens (including phenoxy) is 2. The number of amides is 2. The molecule has 27 heavy (non-hydrogen) atoms. The second-order valence-electron chi connectivity index (χ2n) is 6.03. The van der Waals surface area contributed by atoms with Crippen LogP contribution in [0.25, 0.3) is 6.08 Å². The van der Waals surface area contributed by atoms with Crippen LogP contribution in [-0.4, -0.2) is 42.5 Å². The molecule has 2 amide bonds. The minimum Gasteiger partial charge on any atom is -0.493 e. The number of carbonyl (C=O) groups is 2. The van der Waals surface area contributed by atoms with Crippen LogP contribution in [0.2, 0.25) is 0 Å². The van der Waals surface area contributed by atoms with Gasteiger partial charge in [0, 0.05) is 30.8 Å². The maximum atomic E-state index is 12.5. The van der Waals surface area contributed by atoms with Gasteiger partial charge in [-0.2, -0.15) is 0 Å². The zero-order valence-corrected chi connectivity index (χ0v) is 16.3. The highest BCUT2D eigenvalue weighted by Crippen LogP contribution is 2.29. The van der Waals surface area contributed by atoms with Crippen molar-refractivity contribution in [1.29, 1.82) is 0 Å². The van der Waals surface area contributed by atoms with Crippen molar-refractivity contribution in [2.24, 2.45) is 0 Å².